The average Bonchev–Trinajstić information content (AvgIpc) is 2.77. The number of aliphatic hydroxyl groups excluding tert-OH is 4. The minimum Gasteiger partial charge on any atom is -0.508 e. The Morgan fingerprint density at radius 2 is 1.63 bits per heavy atom. The van der Waals surface area contributed by atoms with E-state index in [2.05, 4.69) is 4.18 Å². The summed E-state index contributed by atoms with van der Waals surface area (Å²) in [6, 6.07) is 7.05. The molecule has 0 amide bonds. The van der Waals surface area contributed by atoms with E-state index >= 15 is 0 Å². The number of benzene rings is 2. The molecular weight excluding hydrogens is 492 g/mol. The van der Waals surface area contributed by atoms with E-state index in [4.69, 9.17) is 9.15 Å². The van der Waals surface area contributed by atoms with Crippen molar-refractivity contribution in [2.45, 2.75) is 30.5 Å². The zero-order valence-corrected chi connectivity index (χ0v) is 18.4. The van der Waals surface area contributed by atoms with Crippen molar-refractivity contribution >= 4 is 21.4 Å². The van der Waals surface area contributed by atoms with E-state index in [1.54, 1.807) is 0 Å². The maximum Gasteiger partial charge on any atom is 0.446 e. The predicted octanol–water partition coefficient (Wildman–Crippen LogP) is -0.432. The number of hydrogen-bond donors (Lipinski definition) is 7. The van der Waals surface area contributed by atoms with Gasteiger partial charge in [0.1, 0.15) is 53.2 Å². The summed E-state index contributed by atoms with van der Waals surface area (Å²) in [6.07, 6.45) is -8.84. The Labute approximate surface area is 196 Å². The second kappa shape index (κ2) is 9.09. The summed E-state index contributed by atoms with van der Waals surface area (Å²) in [7, 11) is -5.22. The summed E-state index contributed by atoms with van der Waals surface area (Å²) in [5.74, 6) is -1.83. The van der Waals surface area contributed by atoms with Gasteiger partial charge < -0.3 is 44.0 Å². The molecule has 0 aliphatic carbocycles. The lowest BCUT2D eigenvalue weighted by molar-refractivity contribution is -0.231. The number of phenols is 2. The maximum atomic E-state index is 12.9. The monoisotopic (exact) mass is 512 g/mol. The Bertz CT molecular complexity index is 1410. The number of rotatable bonds is 5. The normalized spacial score (nSPS) is 25.0. The summed E-state index contributed by atoms with van der Waals surface area (Å²) in [5, 5.41) is 59.9. The largest absolute Gasteiger partial charge is 0.508 e. The lowest BCUT2D eigenvalue weighted by atomic mass is 9.89. The topological polar surface area (TPSA) is 224 Å². The van der Waals surface area contributed by atoms with Crippen molar-refractivity contribution in [3.05, 3.63) is 52.2 Å². The van der Waals surface area contributed by atoms with Crippen molar-refractivity contribution in [1.29, 1.82) is 0 Å². The number of phenolic OH excluding ortho intramolecular Hbond substituents is 2. The maximum absolute atomic E-state index is 12.9. The molecule has 13 nitrogen and oxygen atoms in total. The molecule has 188 valence electrons. The van der Waals surface area contributed by atoms with Crippen molar-refractivity contribution in [2.24, 2.45) is 0 Å². The molecule has 1 aliphatic heterocycles. The highest BCUT2D eigenvalue weighted by Crippen LogP contribution is 2.44. The quantitative estimate of drug-likeness (QED) is 0.216. The smallest absolute Gasteiger partial charge is 0.446 e. The van der Waals surface area contributed by atoms with Gasteiger partial charge in [0.05, 0.1) is 12.2 Å². The number of ether oxygens (including phenoxy) is 1. The molecule has 2 heterocycles. The molecule has 1 aliphatic rings. The van der Waals surface area contributed by atoms with Crippen molar-refractivity contribution in [1.82, 2.24) is 0 Å². The second-order valence-electron chi connectivity index (χ2n) is 7.79. The van der Waals surface area contributed by atoms with Gasteiger partial charge >= 0.3 is 10.4 Å². The minimum atomic E-state index is -5.22. The molecule has 0 saturated carbocycles. The Balaban J connectivity index is 2.05. The van der Waals surface area contributed by atoms with Gasteiger partial charge in [0.25, 0.3) is 0 Å². The van der Waals surface area contributed by atoms with E-state index in [1.807, 2.05) is 0 Å². The molecule has 4 rings (SSSR count). The Kier molecular flexibility index (Phi) is 6.46. The fourth-order valence-corrected chi connectivity index (χ4v) is 4.24. The molecule has 0 unspecified atom stereocenters. The average molecular weight is 512 g/mol. The highest BCUT2D eigenvalue weighted by Gasteiger charge is 2.46. The van der Waals surface area contributed by atoms with Gasteiger partial charge in [0.2, 0.25) is 0 Å². The van der Waals surface area contributed by atoms with Crippen LogP contribution in [-0.4, -0.2) is 74.6 Å². The lowest BCUT2D eigenvalue weighted by Crippen LogP contribution is -2.55. The van der Waals surface area contributed by atoms with Crippen molar-refractivity contribution < 1.29 is 56.9 Å². The molecule has 3 aromatic rings. The third-order valence-electron chi connectivity index (χ3n) is 5.51. The standard InChI is InChI=1S/C21H20O13S/c22-7-14-17(26)18(27)19(28)21(33-14)16-13(34-35(29,30)31)6-11(25)15-10(24)5-12(32-20(15)16)8-1-3-9(23)4-2-8/h1-6,14,17-19,21-23,25-28H,7H2,(H,29,30,31)/t14-,17-,18+,19-,21+/m1/s1. The molecule has 0 bridgehead atoms. The van der Waals surface area contributed by atoms with Gasteiger partial charge in [0, 0.05) is 17.7 Å². The van der Waals surface area contributed by atoms with Crippen LogP contribution in [0.3, 0.4) is 0 Å². The van der Waals surface area contributed by atoms with E-state index in [9.17, 15) is 48.4 Å². The molecular formula is C21H20O13S. The van der Waals surface area contributed by atoms with Crippen LogP contribution in [0.5, 0.6) is 17.2 Å². The van der Waals surface area contributed by atoms with Crippen LogP contribution >= 0.6 is 0 Å². The van der Waals surface area contributed by atoms with Crippen LogP contribution in [0.15, 0.2) is 45.6 Å². The zero-order chi connectivity index (χ0) is 25.7. The Morgan fingerprint density at radius 1 is 0.971 bits per heavy atom. The zero-order valence-electron chi connectivity index (χ0n) is 17.5. The molecule has 5 atom stereocenters. The van der Waals surface area contributed by atoms with Crippen LogP contribution in [0.2, 0.25) is 0 Å². The first-order valence-electron chi connectivity index (χ1n) is 10.0. The Hall–Kier alpha value is -3.24. The van der Waals surface area contributed by atoms with Gasteiger partial charge in [0.15, 0.2) is 16.8 Å². The molecule has 2 aromatic carbocycles. The molecule has 7 N–H and O–H groups in total. The van der Waals surface area contributed by atoms with Crippen LogP contribution < -0.4 is 9.61 Å². The first kappa shape index (κ1) is 24.9. The Morgan fingerprint density at radius 3 is 2.23 bits per heavy atom. The molecule has 14 heteroatoms. The van der Waals surface area contributed by atoms with Crippen LogP contribution in [0.4, 0.5) is 0 Å². The first-order valence-corrected chi connectivity index (χ1v) is 11.4. The third kappa shape index (κ3) is 4.68. The minimum absolute atomic E-state index is 0.0830. The molecule has 0 spiro atoms. The highest BCUT2D eigenvalue weighted by atomic mass is 32.3. The molecule has 0 radical (unpaired) electrons. The van der Waals surface area contributed by atoms with Gasteiger partial charge in [-0.25, -0.2) is 0 Å². The van der Waals surface area contributed by atoms with Gasteiger partial charge in [-0.3, -0.25) is 9.35 Å². The van der Waals surface area contributed by atoms with Crippen molar-refractivity contribution in [3.63, 3.8) is 0 Å². The first-order chi connectivity index (χ1) is 16.4. The van der Waals surface area contributed by atoms with Crippen molar-refractivity contribution in [2.75, 3.05) is 6.61 Å². The number of fused-ring (bicyclic) bond motifs is 1. The third-order valence-corrected chi connectivity index (χ3v) is 5.90. The number of hydrogen-bond acceptors (Lipinski definition) is 12. The van der Waals surface area contributed by atoms with Gasteiger partial charge in [-0.05, 0) is 24.3 Å². The lowest BCUT2D eigenvalue weighted by Gasteiger charge is -2.40. The van der Waals surface area contributed by atoms with Crippen LogP contribution in [-0.2, 0) is 15.1 Å². The van der Waals surface area contributed by atoms with Gasteiger partial charge in [-0.15, -0.1) is 0 Å². The summed E-state index contributed by atoms with van der Waals surface area (Å²) in [4.78, 5) is 12.9. The summed E-state index contributed by atoms with van der Waals surface area (Å²) in [5.41, 5.74) is -1.59. The van der Waals surface area contributed by atoms with E-state index in [0.29, 0.717) is 6.07 Å². The number of aliphatic hydroxyl groups is 4. The number of aromatic hydroxyl groups is 2. The molecule has 1 saturated heterocycles. The van der Waals surface area contributed by atoms with Crippen LogP contribution in [0.1, 0.15) is 11.7 Å². The molecule has 1 aromatic heterocycles. The summed E-state index contributed by atoms with van der Waals surface area (Å²) >= 11 is 0. The van der Waals surface area contributed by atoms with Gasteiger partial charge in [-0.1, -0.05) is 0 Å². The summed E-state index contributed by atoms with van der Waals surface area (Å²) in [6.45, 7) is -0.825. The fourth-order valence-electron chi connectivity index (χ4n) is 3.87. The molecule has 1 fully saturated rings. The van der Waals surface area contributed by atoms with Gasteiger partial charge in [-0.2, -0.15) is 8.42 Å². The molecule has 35 heavy (non-hydrogen) atoms. The van der Waals surface area contributed by atoms with E-state index in [0.717, 1.165) is 6.07 Å². The van der Waals surface area contributed by atoms with E-state index in [-0.39, 0.29) is 17.1 Å². The predicted molar refractivity (Wildman–Crippen MR) is 116 cm³/mol. The van der Waals surface area contributed by atoms with E-state index in [1.165, 1.54) is 24.3 Å². The van der Waals surface area contributed by atoms with Crippen molar-refractivity contribution in [3.8, 4) is 28.6 Å². The SMILES string of the molecule is O=c1cc(-c2ccc(O)cc2)oc2c([C@@H]3O[C@H](CO)[C@@H](O)[C@H](O)[C@H]3O)c(OS(=O)(=O)O)cc(O)c12. The fraction of sp³-hybridized carbons (Fsp3) is 0.286. The highest BCUT2D eigenvalue weighted by molar-refractivity contribution is 7.81. The van der Waals surface area contributed by atoms with E-state index < -0.39 is 81.0 Å². The van der Waals surface area contributed by atoms with Crippen LogP contribution in [0.25, 0.3) is 22.3 Å². The summed E-state index contributed by atoms with van der Waals surface area (Å²) < 4.78 is 48.0. The second-order valence-corrected chi connectivity index (χ2v) is 8.82. The van der Waals surface area contributed by atoms with Crippen LogP contribution in [0, 0.1) is 0 Å².